The largest absolute Gasteiger partial charge is 0.294 e. The van der Waals surface area contributed by atoms with Crippen LogP contribution in [0.4, 0.5) is 0 Å². The van der Waals surface area contributed by atoms with Crippen molar-refractivity contribution in [2.24, 2.45) is 0 Å². The minimum atomic E-state index is -0.00475. The Balaban J connectivity index is 1.22. The SMILES string of the molecule is CC(C)(C)c1cc(-c2cc(-c3ccc4c5ccccc5n(-c5ccc6c7ccccc7n(-c7cc(C(C)(C)C)ccn7)c6c5)c4n3)[nH]n2)cc(C(C)(C)C)c1. The van der Waals surface area contributed by atoms with E-state index in [1.165, 1.54) is 27.5 Å². The molecule has 0 unspecified atom stereocenters. The predicted octanol–water partition coefficient (Wildman–Crippen LogP) is 12.6. The summed E-state index contributed by atoms with van der Waals surface area (Å²) < 4.78 is 4.61. The topological polar surface area (TPSA) is 64.3 Å². The lowest BCUT2D eigenvalue weighted by molar-refractivity contribution is 0.569. The molecule has 0 aliphatic heterocycles. The van der Waals surface area contributed by atoms with E-state index in [1.54, 1.807) is 0 Å². The smallest absolute Gasteiger partial charge is 0.146 e. The average Bonchev–Trinajstić information content (AvgIpc) is 3.86. The molecule has 1 N–H and O–H groups in total. The molecule has 4 aromatic carbocycles. The zero-order chi connectivity index (χ0) is 38.4. The van der Waals surface area contributed by atoms with E-state index in [1.807, 2.05) is 6.20 Å². The average molecular weight is 721 g/mol. The second kappa shape index (κ2) is 12.3. The number of benzene rings is 4. The monoisotopic (exact) mass is 720 g/mol. The van der Waals surface area contributed by atoms with Crippen LogP contribution in [-0.2, 0) is 16.2 Å². The maximum atomic E-state index is 5.39. The van der Waals surface area contributed by atoms with Gasteiger partial charge < -0.3 is 0 Å². The molecule has 55 heavy (non-hydrogen) atoms. The number of hydrogen-bond acceptors (Lipinski definition) is 3. The molecule has 0 bridgehead atoms. The van der Waals surface area contributed by atoms with Crippen LogP contribution in [0.5, 0.6) is 0 Å². The van der Waals surface area contributed by atoms with Gasteiger partial charge >= 0.3 is 0 Å². The number of aromatic nitrogens is 6. The molecule has 0 aliphatic carbocycles. The van der Waals surface area contributed by atoms with Crippen molar-refractivity contribution in [1.82, 2.24) is 29.3 Å². The van der Waals surface area contributed by atoms with Crippen LogP contribution in [-0.4, -0.2) is 29.3 Å². The zero-order valence-electron chi connectivity index (χ0n) is 33.3. The first-order chi connectivity index (χ1) is 26.1. The van der Waals surface area contributed by atoms with E-state index in [9.17, 15) is 0 Å². The third-order valence-electron chi connectivity index (χ3n) is 11.1. The quantitative estimate of drug-likeness (QED) is 0.197. The minimum Gasteiger partial charge on any atom is -0.294 e. The molecule has 274 valence electrons. The summed E-state index contributed by atoms with van der Waals surface area (Å²) in [6.45, 7) is 20.4. The lowest BCUT2D eigenvalue weighted by Gasteiger charge is -2.26. The lowest BCUT2D eigenvalue weighted by atomic mass is 9.79. The molecule has 0 fully saturated rings. The molecule has 0 saturated carbocycles. The molecular weight excluding hydrogens is 673 g/mol. The first-order valence-electron chi connectivity index (χ1n) is 19.3. The molecule has 6 nitrogen and oxygen atoms in total. The normalized spacial score (nSPS) is 12.8. The van der Waals surface area contributed by atoms with Gasteiger partial charge in [0.05, 0.1) is 33.6 Å². The van der Waals surface area contributed by atoms with Crippen molar-refractivity contribution in [2.75, 3.05) is 0 Å². The summed E-state index contributed by atoms with van der Waals surface area (Å²) in [5, 5.41) is 12.8. The van der Waals surface area contributed by atoms with Crippen molar-refractivity contribution in [3.63, 3.8) is 0 Å². The number of rotatable bonds is 4. The molecular formula is C49H48N6. The standard InChI is InChI=1S/C49H48N6/c1-47(2,3)31-22-23-50-45(27-31)55-43-17-13-10-14-35(43)37-19-18-34(28-44(37)55)54-42-16-12-11-15-36(42)38-20-21-39(51-46(38)54)41-29-40(52-53-41)30-24-32(48(4,5)6)26-33(25-30)49(7,8)9/h10-29H,1-9H3,(H,52,53). The second-order valence-electron chi connectivity index (χ2n) is 18.1. The van der Waals surface area contributed by atoms with Crippen molar-refractivity contribution >= 4 is 43.7 Å². The van der Waals surface area contributed by atoms with E-state index in [0.29, 0.717) is 0 Å². The number of aromatic amines is 1. The summed E-state index contributed by atoms with van der Waals surface area (Å²) in [4.78, 5) is 10.3. The van der Waals surface area contributed by atoms with Crippen molar-refractivity contribution < 1.29 is 0 Å². The number of hydrogen-bond donors (Lipinski definition) is 1. The minimum absolute atomic E-state index is 0.00475. The third-order valence-corrected chi connectivity index (χ3v) is 11.1. The highest BCUT2D eigenvalue weighted by molar-refractivity contribution is 6.11. The fourth-order valence-corrected chi connectivity index (χ4v) is 7.85. The summed E-state index contributed by atoms with van der Waals surface area (Å²) >= 11 is 0. The summed E-state index contributed by atoms with van der Waals surface area (Å²) in [6, 6.07) is 41.7. The van der Waals surface area contributed by atoms with Gasteiger partial charge in [0.15, 0.2) is 0 Å². The van der Waals surface area contributed by atoms with Crippen molar-refractivity contribution in [3.8, 4) is 34.2 Å². The molecule has 0 radical (unpaired) electrons. The molecule has 0 atom stereocenters. The summed E-state index contributed by atoms with van der Waals surface area (Å²) in [5.74, 6) is 0.913. The number of H-pyrrole nitrogens is 1. The Morgan fingerprint density at radius 3 is 1.76 bits per heavy atom. The number of nitrogens with zero attached hydrogens (tertiary/aromatic N) is 5. The molecule has 5 heterocycles. The number of fused-ring (bicyclic) bond motifs is 6. The molecule has 6 heteroatoms. The number of para-hydroxylation sites is 2. The third kappa shape index (κ3) is 5.92. The molecule has 9 aromatic rings. The van der Waals surface area contributed by atoms with Gasteiger partial charge in [-0.2, -0.15) is 5.10 Å². The van der Waals surface area contributed by atoms with Crippen LogP contribution in [0.2, 0.25) is 0 Å². The second-order valence-corrected chi connectivity index (χ2v) is 18.1. The highest BCUT2D eigenvalue weighted by Gasteiger charge is 2.23. The molecule has 0 saturated heterocycles. The van der Waals surface area contributed by atoms with E-state index in [0.717, 1.165) is 67.1 Å². The highest BCUT2D eigenvalue weighted by Crippen LogP contribution is 2.38. The number of pyridine rings is 2. The van der Waals surface area contributed by atoms with Crippen LogP contribution < -0.4 is 0 Å². The fraction of sp³-hybridized carbons (Fsp3) is 0.245. The van der Waals surface area contributed by atoms with Crippen molar-refractivity contribution in [1.29, 1.82) is 0 Å². The van der Waals surface area contributed by atoms with E-state index in [-0.39, 0.29) is 16.2 Å². The Hall–Kier alpha value is -6.01. The van der Waals surface area contributed by atoms with Crippen LogP contribution in [0.3, 0.4) is 0 Å². The zero-order valence-corrected chi connectivity index (χ0v) is 33.3. The highest BCUT2D eigenvalue weighted by atomic mass is 15.1. The summed E-state index contributed by atoms with van der Waals surface area (Å²) in [6.07, 6.45) is 1.93. The Morgan fingerprint density at radius 2 is 1.09 bits per heavy atom. The van der Waals surface area contributed by atoms with Gasteiger partial charge in [0, 0.05) is 39.0 Å². The van der Waals surface area contributed by atoms with Gasteiger partial charge in [-0.25, -0.2) is 9.97 Å². The maximum Gasteiger partial charge on any atom is 0.146 e. The van der Waals surface area contributed by atoms with Gasteiger partial charge in [-0.05, 0) is 99.7 Å². The molecule has 5 aromatic heterocycles. The van der Waals surface area contributed by atoms with Crippen LogP contribution in [0.1, 0.15) is 79.0 Å². The molecule has 0 aliphatic rings. The van der Waals surface area contributed by atoms with Crippen LogP contribution in [0, 0.1) is 0 Å². The van der Waals surface area contributed by atoms with E-state index in [2.05, 4.69) is 192 Å². The summed E-state index contributed by atoms with van der Waals surface area (Å²) in [7, 11) is 0. The predicted molar refractivity (Wildman–Crippen MR) is 230 cm³/mol. The Bertz CT molecular complexity index is 2900. The Morgan fingerprint density at radius 1 is 0.491 bits per heavy atom. The van der Waals surface area contributed by atoms with Gasteiger partial charge in [-0.1, -0.05) is 111 Å². The van der Waals surface area contributed by atoms with Crippen LogP contribution in [0.15, 0.2) is 121 Å². The summed E-state index contributed by atoms with van der Waals surface area (Å²) in [5.41, 5.74) is 12.9. The van der Waals surface area contributed by atoms with Gasteiger partial charge in [0.2, 0.25) is 0 Å². The van der Waals surface area contributed by atoms with E-state index >= 15 is 0 Å². The fourth-order valence-electron chi connectivity index (χ4n) is 7.85. The van der Waals surface area contributed by atoms with Gasteiger partial charge in [-0.3, -0.25) is 14.2 Å². The van der Waals surface area contributed by atoms with Crippen molar-refractivity contribution in [3.05, 3.63) is 138 Å². The Kier molecular flexibility index (Phi) is 7.74. The molecule has 0 spiro atoms. The van der Waals surface area contributed by atoms with E-state index < -0.39 is 0 Å². The first-order valence-corrected chi connectivity index (χ1v) is 19.3. The maximum absolute atomic E-state index is 5.39. The van der Waals surface area contributed by atoms with Gasteiger partial charge in [-0.15, -0.1) is 0 Å². The first kappa shape index (κ1) is 34.7. The van der Waals surface area contributed by atoms with Crippen molar-refractivity contribution in [2.45, 2.75) is 78.6 Å². The lowest BCUT2D eigenvalue weighted by Crippen LogP contribution is -2.16. The van der Waals surface area contributed by atoms with Gasteiger partial charge in [0.1, 0.15) is 11.5 Å². The number of nitrogens with one attached hydrogen (secondary N) is 1. The Labute approximate surface area is 322 Å². The molecule has 0 amide bonds. The molecule has 9 rings (SSSR count). The van der Waals surface area contributed by atoms with Gasteiger partial charge in [0.25, 0.3) is 0 Å². The van der Waals surface area contributed by atoms with E-state index in [4.69, 9.17) is 15.1 Å². The van der Waals surface area contributed by atoms with Crippen LogP contribution >= 0.6 is 0 Å². The van der Waals surface area contributed by atoms with Crippen LogP contribution in [0.25, 0.3) is 77.9 Å².